The second-order valence-electron chi connectivity index (χ2n) is 6.03. The van der Waals surface area contributed by atoms with Crippen molar-refractivity contribution >= 4 is 11.3 Å². The van der Waals surface area contributed by atoms with Crippen molar-refractivity contribution in [3.8, 4) is 0 Å². The van der Waals surface area contributed by atoms with Gasteiger partial charge < -0.3 is 4.90 Å². The molecule has 0 spiro atoms. The summed E-state index contributed by atoms with van der Waals surface area (Å²) in [7, 11) is 2.22. The number of aromatic amines is 1. The Morgan fingerprint density at radius 1 is 1.52 bits per heavy atom. The number of nitrogens with zero attached hydrogens (tertiary/aromatic N) is 4. The zero-order valence-corrected chi connectivity index (χ0v) is 13.6. The molecule has 3 heterocycles. The van der Waals surface area contributed by atoms with Crippen LogP contribution >= 0.6 is 11.3 Å². The molecule has 0 aromatic carbocycles. The minimum Gasteiger partial charge on any atom is -0.301 e. The van der Waals surface area contributed by atoms with E-state index in [2.05, 4.69) is 45.0 Å². The molecule has 0 amide bonds. The zero-order valence-electron chi connectivity index (χ0n) is 12.7. The van der Waals surface area contributed by atoms with Gasteiger partial charge in [-0.25, -0.2) is 4.98 Å². The smallest absolute Gasteiger partial charge is 0.0798 e. The van der Waals surface area contributed by atoms with E-state index in [-0.39, 0.29) is 0 Å². The predicted molar refractivity (Wildman–Crippen MR) is 85.2 cm³/mol. The monoisotopic (exact) mass is 305 g/mol. The van der Waals surface area contributed by atoms with E-state index < -0.39 is 0 Å². The highest BCUT2D eigenvalue weighted by Gasteiger charge is 2.24. The maximum Gasteiger partial charge on any atom is 0.0798 e. The van der Waals surface area contributed by atoms with Crippen LogP contribution in [-0.4, -0.2) is 51.7 Å². The molecule has 5 nitrogen and oxygen atoms in total. The molecule has 1 fully saturated rings. The Kier molecular flexibility index (Phi) is 4.67. The van der Waals surface area contributed by atoms with Crippen LogP contribution in [0.4, 0.5) is 0 Å². The van der Waals surface area contributed by atoms with Crippen molar-refractivity contribution in [3.63, 3.8) is 0 Å². The van der Waals surface area contributed by atoms with Crippen LogP contribution < -0.4 is 0 Å². The van der Waals surface area contributed by atoms with Gasteiger partial charge in [-0.05, 0) is 38.9 Å². The summed E-state index contributed by atoms with van der Waals surface area (Å²) in [6.07, 6.45) is 3.12. The molecule has 6 heteroatoms. The molecular weight excluding hydrogens is 282 g/mol. The summed E-state index contributed by atoms with van der Waals surface area (Å²) >= 11 is 1.76. The third-order valence-corrected chi connectivity index (χ3v) is 5.07. The van der Waals surface area contributed by atoms with Gasteiger partial charge in [-0.2, -0.15) is 5.10 Å². The Morgan fingerprint density at radius 3 is 3.14 bits per heavy atom. The summed E-state index contributed by atoms with van der Waals surface area (Å²) in [6.45, 7) is 7.65. The van der Waals surface area contributed by atoms with Gasteiger partial charge in [0.1, 0.15) is 0 Å². The average molecular weight is 305 g/mol. The van der Waals surface area contributed by atoms with E-state index in [0.29, 0.717) is 0 Å². The topological polar surface area (TPSA) is 48.1 Å². The lowest BCUT2D eigenvalue weighted by Crippen LogP contribution is -2.28. The number of thiazole rings is 1. The maximum absolute atomic E-state index is 4.33. The molecule has 114 valence electrons. The third kappa shape index (κ3) is 3.90. The second kappa shape index (κ2) is 6.68. The molecule has 1 unspecified atom stereocenters. The number of hydrogen-bond donors (Lipinski definition) is 1. The van der Waals surface area contributed by atoms with Gasteiger partial charge in [-0.3, -0.25) is 10.00 Å². The van der Waals surface area contributed by atoms with Gasteiger partial charge in [0.2, 0.25) is 0 Å². The number of aryl methyl sites for hydroxylation is 1. The Bertz CT molecular complexity index is 550. The van der Waals surface area contributed by atoms with Gasteiger partial charge in [-0.1, -0.05) is 0 Å². The fraction of sp³-hybridized carbons (Fsp3) is 0.600. The highest BCUT2D eigenvalue weighted by atomic mass is 32.1. The summed E-state index contributed by atoms with van der Waals surface area (Å²) in [5, 5.41) is 7.06. The van der Waals surface area contributed by atoms with Crippen LogP contribution in [0.25, 0.3) is 0 Å². The minimum atomic E-state index is 0.770. The fourth-order valence-electron chi connectivity index (χ4n) is 3.05. The molecular formula is C15H23N5S. The number of hydrogen-bond acceptors (Lipinski definition) is 5. The molecule has 0 radical (unpaired) electrons. The predicted octanol–water partition coefficient (Wildman–Crippen LogP) is 2.13. The lowest BCUT2D eigenvalue weighted by Gasteiger charge is -2.21. The van der Waals surface area contributed by atoms with E-state index in [1.165, 1.54) is 35.8 Å². The van der Waals surface area contributed by atoms with Crippen LogP contribution in [0.15, 0.2) is 17.8 Å². The van der Waals surface area contributed by atoms with E-state index >= 15 is 0 Å². The van der Waals surface area contributed by atoms with E-state index in [9.17, 15) is 0 Å². The highest BCUT2D eigenvalue weighted by molar-refractivity contribution is 7.09. The van der Waals surface area contributed by atoms with Crippen molar-refractivity contribution in [1.82, 2.24) is 25.0 Å². The first-order valence-corrected chi connectivity index (χ1v) is 8.37. The Hall–Kier alpha value is -1.24. The molecule has 1 atom stereocenters. The first kappa shape index (κ1) is 14.7. The Balaban J connectivity index is 1.45. The molecule has 1 saturated heterocycles. The van der Waals surface area contributed by atoms with E-state index in [0.717, 1.165) is 25.6 Å². The standard InChI is InChI=1S/C15H23N5S/c1-12-15(21-11-16-12)10-19(2)7-13-4-6-20(8-13)9-14-3-5-17-18-14/h3,5,11,13H,4,6-10H2,1-2H3,(H,17,18). The van der Waals surface area contributed by atoms with Crippen LogP contribution in [0.5, 0.6) is 0 Å². The SMILES string of the molecule is Cc1ncsc1CN(C)CC1CCN(Cc2ccn[nH]2)C1. The van der Waals surface area contributed by atoms with Crippen LogP contribution in [-0.2, 0) is 13.1 Å². The van der Waals surface area contributed by atoms with Crippen LogP contribution in [0.3, 0.4) is 0 Å². The normalized spacial score (nSPS) is 19.7. The summed E-state index contributed by atoms with van der Waals surface area (Å²) < 4.78 is 0. The lowest BCUT2D eigenvalue weighted by molar-refractivity contribution is 0.255. The van der Waals surface area contributed by atoms with E-state index in [1.54, 1.807) is 11.3 Å². The molecule has 0 aliphatic carbocycles. The second-order valence-corrected chi connectivity index (χ2v) is 6.97. The number of nitrogens with one attached hydrogen (secondary N) is 1. The first-order chi connectivity index (χ1) is 10.2. The molecule has 0 saturated carbocycles. The molecule has 1 N–H and O–H groups in total. The number of H-pyrrole nitrogens is 1. The van der Waals surface area contributed by atoms with E-state index in [4.69, 9.17) is 0 Å². The molecule has 0 bridgehead atoms. The quantitative estimate of drug-likeness (QED) is 0.888. The summed E-state index contributed by atoms with van der Waals surface area (Å²) in [5.74, 6) is 0.770. The van der Waals surface area contributed by atoms with Gasteiger partial charge in [0.25, 0.3) is 0 Å². The van der Waals surface area contributed by atoms with Crippen molar-refractivity contribution in [2.75, 3.05) is 26.7 Å². The van der Waals surface area contributed by atoms with Crippen LogP contribution in [0, 0.1) is 12.8 Å². The van der Waals surface area contributed by atoms with Gasteiger partial charge in [0.15, 0.2) is 0 Å². The van der Waals surface area contributed by atoms with Crippen LogP contribution in [0.2, 0.25) is 0 Å². The largest absolute Gasteiger partial charge is 0.301 e. The molecule has 2 aromatic rings. The van der Waals surface area contributed by atoms with Crippen molar-refractivity contribution in [1.29, 1.82) is 0 Å². The summed E-state index contributed by atoms with van der Waals surface area (Å²) in [4.78, 5) is 10.7. The molecule has 1 aliphatic heterocycles. The molecule has 21 heavy (non-hydrogen) atoms. The van der Waals surface area contributed by atoms with Crippen molar-refractivity contribution in [3.05, 3.63) is 34.0 Å². The highest BCUT2D eigenvalue weighted by Crippen LogP contribution is 2.20. The van der Waals surface area contributed by atoms with Gasteiger partial charge in [0, 0.05) is 42.9 Å². The number of likely N-dealkylation sites (tertiary alicyclic amines) is 1. The lowest BCUT2D eigenvalue weighted by atomic mass is 10.1. The average Bonchev–Trinajstić information content (AvgIpc) is 3.16. The summed E-state index contributed by atoms with van der Waals surface area (Å²) in [6, 6.07) is 2.06. The fourth-order valence-corrected chi connectivity index (χ4v) is 3.90. The van der Waals surface area contributed by atoms with E-state index in [1.807, 2.05) is 11.7 Å². The van der Waals surface area contributed by atoms with Crippen molar-refractivity contribution < 1.29 is 0 Å². The molecule has 1 aliphatic rings. The molecule has 2 aromatic heterocycles. The number of rotatable bonds is 6. The minimum absolute atomic E-state index is 0.770. The Morgan fingerprint density at radius 2 is 2.43 bits per heavy atom. The van der Waals surface area contributed by atoms with Gasteiger partial charge in [0.05, 0.1) is 11.2 Å². The summed E-state index contributed by atoms with van der Waals surface area (Å²) in [5.41, 5.74) is 4.34. The Labute approximate surface area is 130 Å². The van der Waals surface area contributed by atoms with Gasteiger partial charge in [-0.15, -0.1) is 11.3 Å². The van der Waals surface area contributed by atoms with Crippen LogP contribution in [0.1, 0.15) is 22.7 Å². The maximum atomic E-state index is 4.33. The van der Waals surface area contributed by atoms with Crippen molar-refractivity contribution in [2.24, 2.45) is 5.92 Å². The first-order valence-electron chi connectivity index (χ1n) is 7.49. The molecule has 3 rings (SSSR count). The van der Waals surface area contributed by atoms with Gasteiger partial charge >= 0.3 is 0 Å². The zero-order chi connectivity index (χ0) is 14.7. The number of aromatic nitrogens is 3. The van der Waals surface area contributed by atoms with Crippen molar-refractivity contribution in [2.45, 2.75) is 26.4 Å². The third-order valence-electron chi connectivity index (χ3n) is 4.15.